The summed E-state index contributed by atoms with van der Waals surface area (Å²) in [5.74, 6) is 0. The van der Waals surface area contributed by atoms with E-state index in [1.807, 2.05) is 38.2 Å². The fourth-order valence-electron chi connectivity index (χ4n) is 1.79. The molecule has 0 radical (unpaired) electrons. The Labute approximate surface area is 113 Å². The van der Waals surface area contributed by atoms with Crippen LogP contribution in [0.4, 0.5) is 0 Å². The summed E-state index contributed by atoms with van der Waals surface area (Å²) in [6, 6.07) is 10.1. The molecule has 5 heteroatoms. The molecule has 1 heterocycles. The molecule has 0 saturated carbocycles. The number of hydrogen-bond acceptors (Lipinski definition) is 4. The molecule has 0 spiro atoms. The van der Waals surface area contributed by atoms with Gasteiger partial charge in [-0.15, -0.1) is 5.10 Å². The maximum Gasteiger partial charge on any atom is 0.204 e. The molecule has 1 aromatic carbocycles. The third-order valence-electron chi connectivity index (χ3n) is 2.62. The van der Waals surface area contributed by atoms with Crippen LogP contribution in [0.25, 0.3) is 0 Å². The van der Waals surface area contributed by atoms with Gasteiger partial charge in [0, 0.05) is 13.2 Å². The first-order chi connectivity index (χ1) is 9.33. The van der Waals surface area contributed by atoms with Crippen LogP contribution in [0.2, 0.25) is 0 Å². The summed E-state index contributed by atoms with van der Waals surface area (Å²) in [5, 5.41) is 8.22. The molecule has 5 nitrogen and oxygen atoms in total. The molecule has 0 aliphatic heterocycles. The molecule has 0 aliphatic rings. The summed E-state index contributed by atoms with van der Waals surface area (Å²) < 4.78 is 12.8. The molecular weight excluding hydrogens is 242 g/mol. The Hall–Kier alpha value is -1.72. The summed E-state index contributed by atoms with van der Waals surface area (Å²) in [5.41, 5.74) is 1.89. The van der Waals surface area contributed by atoms with Crippen molar-refractivity contribution in [3.63, 3.8) is 0 Å². The molecule has 19 heavy (non-hydrogen) atoms. The van der Waals surface area contributed by atoms with Gasteiger partial charge in [0.25, 0.3) is 0 Å². The first-order valence-corrected chi connectivity index (χ1v) is 6.50. The number of aromatic nitrogens is 3. The van der Waals surface area contributed by atoms with Crippen molar-refractivity contribution in [2.75, 3.05) is 13.2 Å². The number of benzene rings is 1. The van der Waals surface area contributed by atoms with Crippen molar-refractivity contribution in [1.29, 1.82) is 0 Å². The molecule has 0 unspecified atom stereocenters. The number of rotatable bonds is 7. The number of nitrogens with zero attached hydrogens (tertiary/aromatic N) is 3. The van der Waals surface area contributed by atoms with Gasteiger partial charge < -0.3 is 9.47 Å². The van der Waals surface area contributed by atoms with Gasteiger partial charge in [-0.3, -0.25) is 0 Å². The Morgan fingerprint density at radius 3 is 2.42 bits per heavy atom. The highest BCUT2D eigenvalue weighted by molar-refractivity contribution is 5.14. The molecule has 0 fully saturated rings. The maximum atomic E-state index is 5.49. The van der Waals surface area contributed by atoms with E-state index in [0.717, 1.165) is 0 Å². The molecule has 0 bridgehead atoms. The van der Waals surface area contributed by atoms with E-state index in [1.54, 1.807) is 4.68 Å². The smallest absolute Gasteiger partial charge is 0.204 e. The maximum absolute atomic E-state index is 5.49. The SMILES string of the molecule is CCOC(OCC)c1cn(Cc2ccccc2)nn1. The highest BCUT2D eigenvalue weighted by Gasteiger charge is 2.15. The van der Waals surface area contributed by atoms with Gasteiger partial charge >= 0.3 is 0 Å². The highest BCUT2D eigenvalue weighted by Crippen LogP contribution is 2.16. The van der Waals surface area contributed by atoms with Crippen LogP contribution >= 0.6 is 0 Å². The van der Waals surface area contributed by atoms with Crippen LogP contribution in [0.1, 0.15) is 31.4 Å². The molecule has 102 valence electrons. The normalized spacial score (nSPS) is 11.1. The van der Waals surface area contributed by atoms with E-state index in [0.29, 0.717) is 25.5 Å². The molecule has 2 aromatic rings. The Balaban J connectivity index is 2.05. The Morgan fingerprint density at radius 1 is 1.11 bits per heavy atom. The van der Waals surface area contributed by atoms with Crippen LogP contribution in [-0.4, -0.2) is 28.2 Å². The van der Waals surface area contributed by atoms with Crippen molar-refractivity contribution >= 4 is 0 Å². The highest BCUT2D eigenvalue weighted by atomic mass is 16.7. The second-order valence-electron chi connectivity index (χ2n) is 4.07. The van der Waals surface area contributed by atoms with Crippen molar-refractivity contribution in [3.05, 3.63) is 47.8 Å². The molecule has 0 atom stereocenters. The molecule has 0 saturated heterocycles. The average molecular weight is 261 g/mol. The van der Waals surface area contributed by atoms with Crippen molar-refractivity contribution < 1.29 is 9.47 Å². The lowest BCUT2D eigenvalue weighted by atomic mass is 10.2. The van der Waals surface area contributed by atoms with Gasteiger partial charge in [0.15, 0.2) is 0 Å². The summed E-state index contributed by atoms with van der Waals surface area (Å²) in [4.78, 5) is 0. The van der Waals surface area contributed by atoms with Crippen LogP contribution in [0.3, 0.4) is 0 Å². The predicted octanol–water partition coefficient (Wildman–Crippen LogP) is 2.40. The first kappa shape index (κ1) is 13.7. The molecule has 0 amide bonds. The van der Waals surface area contributed by atoms with Crippen LogP contribution in [0, 0.1) is 0 Å². The van der Waals surface area contributed by atoms with Crippen molar-refractivity contribution in [1.82, 2.24) is 15.0 Å². The lowest BCUT2D eigenvalue weighted by Crippen LogP contribution is -2.09. The zero-order valence-electron chi connectivity index (χ0n) is 11.3. The van der Waals surface area contributed by atoms with E-state index in [9.17, 15) is 0 Å². The minimum Gasteiger partial charge on any atom is -0.347 e. The Bertz CT molecular complexity index is 478. The first-order valence-electron chi connectivity index (χ1n) is 6.50. The van der Waals surface area contributed by atoms with Crippen LogP contribution in [0.15, 0.2) is 36.5 Å². The van der Waals surface area contributed by atoms with Crippen LogP contribution < -0.4 is 0 Å². The average Bonchev–Trinajstić information content (AvgIpc) is 2.88. The molecule has 0 N–H and O–H groups in total. The van der Waals surface area contributed by atoms with Crippen molar-refractivity contribution in [2.45, 2.75) is 26.7 Å². The predicted molar refractivity (Wildman–Crippen MR) is 71.6 cm³/mol. The molecule has 0 aliphatic carbocycles. The van der Waals surface area contributed by atoms with Gasteiger partial charge in [-0.25, -0.2) is 4.68 Å². The lowest BCUT2D eigenvalue weighted by Gasteiger charge is -2.13. The second kappa shape index (κ2) is 7.01. The van der Waals surface area contributed by atoms with Gasteiger partial charge in [0.1, 0.15) is 5.69 Å². The third-order valence-corrected chi connectivity index (χ3v) is 2.62. The van der Waals surface area contributed by atoms with E-state index >= 15 is 0 Å². The molecule has 1 aromatic heterocycles. The Morgan fingerprint density at radius 2 is 1.79 bits per heavy atom. The fraction of sp³-hybridized carbons (Fsp3) is 0.429. The van der Waals surface area contributed by atoms with Gasteiger partial charge in [0.05, 0.1) is 12.7 Å². The summed E-state index contributed by atoms with van der Waals surface area (Å²) in [7, 11) is 0. The van der Waals surface area contributed by atoms with E-state index in [-0.39, 0.29) is 0 Å². The van der Waals surface area contributed by atoms with Crippen LogP contribution in [-0.2, 0) is 16.0 Å². The van der Waals surface area contributed by atoms with Gasteiger partial charge in [-0.2, -0.15) is 0 Å². The Kier molecular flexibility index (Phi) is 5.06. The minimum atomic E-state index is -0.431. The van der Waals surface area contributed by atoms with Gasteiger partial charge in [0.2, 0.25) is 6.29 Å². The fourth-order valence-corrected chi connectivity index (χ4v) is 1.79. The zero-order valence-corrected chi connectivity index (χ0v) is 11.3. The number of hydrogen-bond donors (Lipinski definition) is 0. The third kappa shape index (κ3) is 3.87. The summed E-state index contributed by atoms with van der Waals surface area (Å²) in [6.45, 7) is 5.71. The zero-order chi connectivity index (χ0) is 13.5. The van der Waals surface area contributed by atoms with Gasteiger partial charge in [-0.1, -0.05) is 35.5 Å². The van der Waals surface area contributed by atoms with E-state index in [4.69, 9.17) is 9.47 Å². The van der Waals surface area contributed by atoms with Crippen molar-refractivity contribution in [2.24, 2.45) is 0 Å². The summed E-state index contributed by atoms with van der Waals surface area (Å²) in [6.07, 6.45) is 1.43. The van der Waals surface area contributed by atoms with E-state index in [2.05, 4.69) is 22.4 Å². The van der Waals surface area contributed by atoms with E-state index in [1.165, 1.54) is 5.56 Å². The van der Waals surface area contributed by atoms with E-state index < -0.39 is 6.29 Å². The van der Waals surface area contributed by atoms with Gasteiger partial charge in [-0.05, 0) is 19.4 Å². The monoisotopic (exact) mass is 261 g/mol. The summed E-state index contributed by atoms with van der Waals surface area (Å²) >= 11 is 0. The minimum absolute atomic E-state index is 0.431. The molecule has 2 rings (SSSR count). The topological polar surface area (TPSA) is 49.2 Å². The standard InChI is InChI=1S/C14H19N3O2/c1-3-18-14(19-4-2)13-11-17(16-15-13)10-12-8-6-5-7-9-12/h5-9,11,14H,3-4,10H2,1-2H3. The quantitative estimate of drug-likeness (QED) is 0.718. The number of ether oxygens (including phenoxy) is 2. The molecular formula is C14H19N3O2. The largest absolute Gasteiger partial charge is 0.347 e. The van der Waals surface area contributed by atoms with Crippen LogP contribution in [0.5, 0.6) is 0 Å². The second-order valence-corrected chi connectivity index (χ2v) is 4.07. The van der Waals surface area contributed by atoms with Crippen molar-refractivity contribution in [3.8, 4) is 0 Å². The lowest BCUT2D eigenvalue weighted by molar-refractivity contribution is -0.142.